The van der Waals surface area contributed by atoms with Crippen LogP contribution in [-0.2, 0) is 4.74 Å². The van der Waals surface area contributed by atoms with Gasteiger partial charge in [-0.3, -0.25) is 4.90 Å². The van der Waals surface area contributed by atoms with E-state index >= 15 is 0 Å². The van der Waals surface area contributed by atoms with Crippen LogP contribution in [0.2, 0.25) is 0 Å². The first-order chi connectivity index (χ1) is 25.6. The normalized spacial score (nSPS) is 25.5. The molecule has 3 aliphatic heterocycles. The molecule has 1 spiro atoms. The number of fused-ring (bicyclic) bond motifs is 2. The van der Waals surface area contributed by atoms with Crippen LogP contribution in [0.5, 0.6) is 11.5 Å². The van der Waals surface area contributed by atoms with Crippen LogP contribution in [0, 0.1) is 17.3 Å². The van der Waals surface area contributed by atoms with Crippen LogP contribution in [-0.4, -0.2) is 97.5 Å². The maximum Gasteiger partial charge on any atom is 0.410 e. The number of para-hydroxylation sites is 1. The van der Waals surface area contributed by atoms with Crippen LogP contribution in [0.25, 0.3) is 22.3 Å². The Kier molecular flexibility index (Phi) is 8.84. The lowest BCUT2D eigenvalue weighted by molar-refractivity contribution is -0.0444. The molecule has 11 nitrogen and oxygen atoms in total. The maximum absolute atomic E-state index is 12.6. The number of carbonyl (C=O) groups is 1. The number of anilines is 1. The molecule has 3 saturated heterocycles. The highest BCUT2D eigenvalue weighted by Gasteiger charge is 2.52. The summed E-state index contributed by atoms with van der Waals surface area (Å²) < 4.78 is 13.8. The molecule has 4 aromatic rings. The van der Waals surface area contributed by atoms with Gasteiger partial charge in [-0.15, -0.1) is 0 Å². The van der Waals surface area contributed by atoms with Gasteiger partial charge in [0.2, 0.25) is 0 Å². The molecule has 2 aromatic carbocycles. The van der Waals surface area contributed by atoms with Gasteiger partial charge in [-0.2, -0.15) is 5.10 Å². The Morgan fingerprint density at radius 1 is 0.811 bits per heavy atom. The van der Waals surface area contributed by atoms with Crippen LogP contribution in [0.15, 0.2) is 60.9 Å². The first-order valence-electron chi connectivity index (χ1n) is 19.9. The fourth-order valence-electron chi connectivity index (χ4n) is 10.3. The van der Waals surface area contributed by atoms with Crippen LogP contribution < -0.4 is 10.5 Å². The molecule has 2 aliphatic carbocycles. The number of amides is 1. The van der Waals surface area contributed by atoms with Crippen molar-refractivity contribution in [1.29, 1.82) is 0 Å². The summed E-state index contributed by atoms with van der Waals surface area (Å²) in [6.45, 7) is 12.2. The molecular formula is C42H54N8O3. The van der Waals surface area contributed by atoms with Gasteiger partial charge in [0.15, 0.2) is 5.65 Å². The van der Waals surface area contributed by atoms with E-state index in [2.05, 4.69) is 19.5 Å². The molecule has 0 radical (unpaired) electrons. The average molecular weight is 719 g/mol. The lowest BCUT2D eigenvalue weighted by Crippen LogP contribution is -2.55. The Bertz CT molecular complexity index is 1900. The number of ether oxygens (including phenoxy) is 2. The monoisotopic (exact) mass is 718 g/mol. The summed E-state index contributed by atoms with van der Waals surface area (Å²) in [4.78, 5) is 29.2. The highest BCUT2D eigenvalue weighted by Crippen LogP contribution is 2.53. The predicted molar refractivity (Wildman–Crippen MR) is 206 cm³/mol. The third-order valence-corrected chi connectivity index (χ3v) is 13.1. The van der Waals surface area contributed by atoms with Crippen molar-refractivity contribution in [2.24, 2.45) is 17.3 Å². The van der Waals surface area contributed by atoms with Gasteiger partial charge in [-0.1, -0.05) is 18.2 Å². The average Bonchev–Trinajstić information content (AvgIpc) is 3.84. The molecule has 0 bridgehead atoms. The molecule has 2 saturated carbocycles. The van der Waals surface area contributed by atoms with E-state index in [0.29, 0.717) is 17.3 Å². The molecular weight excluding hydrogens is 665 g/mol. The van der Waals surface area contributed by atoms with Gasteiger partial charge in [0.1, 0.15) is 34.9 Å². The van der Waals surface area contributed by atoms with E-state index in [1.54, 1.807) is 6.33 Å². The summed E-state index contributed by atoms with van der Waals surface area (Å²) >= 11 is 0. The van der Waals surface area contributed by atoms with E-state index in [9.17, 15) is 4.79 Å². The zero-order valence-corrected chi connectivity index (χ0v) is 31.5. The fraction of sp³-hybridized carbons (Fsp3) is 0.571. The van der Waals surface area contributed by atoms with E-state index in [1.807, 2.05) is 80.3 Å². The molecule has 2 N–H and O–H groups in total. The Hall–Kier alpha value is -4.22. The van der Waals surface area contributed by atoms with Gasteiger partial charge in [0, 0.05) is 56.9 Å². The number of hydrogen-bond acceptors (Lipinski definition) is 9. The molecule has 5 fully saturated rings. The third-order valence-electron chi connectivity index (χ3n) is 13.1. The minimum Gasteiger partial charge on any atom is -0.457 e. The van der Waals surface area contributed by atoms with Crippen LogP contribution in [0.4, 0.5) is 10.6 Å². The number of hydrogen-bond donors (Lipinski definition) is 1. The number of nitrogens with zero attached hydrogens (tertiary/aromatic N) is 7. The SMILES string of the molecule is CC(C)(C)OC(=O)N1CCC2(CC1)CC(N1C[C@H]3CC(N4CCC(n5nc(-c6ccc(Oc7ccccc7)cc6)c6c(N)ncnc65)CC4)C[C@H]3C1)C2. The summed E-state index contributed by atoms with van der Waals surface area (Å²) in [6.07, 6.45) is 11.0. The molecule has 1 unspecified atom stereocenters. The zero-order valence-electron chi connectivity index (χ0n) is 31.5. The van der Waals surface area contributed by atoms with Crippen molar-refractivity contribution >= 4 is 22.9 Å². The van der Waals surface area contributed by atoms with E-state index in [1.165, 1.54) is 38.8 Å². The molecule has 1 amide bonds. The standard InChI is InChI=1S/C42H54N8O3/c1-41(2,3)53-40(51)48-19-15-42(16-20-48)23-33(24-42)49-25-29-21-32(22-30(29)26-49)47-17-13-31(14-18-47)50-39-36(38(43)44-27-45-39)37(46-50)28-9-11-35(12-10-28)52-34-7-5-4-6-8-34/h4-12,27,29-33H,13-26H2,1-3H3,(H2,43,44,45)/t29-,30+,32?. The highest BCUT2D eigenvalue weighted by molar-refractivity contribution is 5.98. The van der Waals surface area contributed by atoms with Crippen molar-refractivity contribution in [3.8, 4) is 22.8 Å². The van der Waals surface area contributed by atoms with Crippen molar-refractivity contribution in [1.82, 2.24) is 34.4 Å². The smallest absolute Gasteiger partial charge is 0.410 e. The molecule has 53 heavy (non-hydrogen) atoms. The number of carbonyl (C=O) groups excluding carboxylic acids is 1. The zero-order chi connectivity index (χ0) is 36.3. The second-order valence-electron chi connectivity index (χ2n) is 17.6. The minimum absolute atomic E-state index is 0.147. The Morgan fingerprint density at radius 3 is 2.13 bits per heavy atom. The van der Waals surface area contributed by atoms with Crippen molar-refractivity contribution in [3.05, 3.63) is 60.9 Å². The lowest BCUT2D eigenvalue weighted by atomic mass is 9.60. The summed E-state index contributed by atoms with van der Waals surface area (Å²) in [7, 11) is 0. The number of likely N-dealkylation sites (tertiary alicyclic amines) is 3. The number of rotatable bonds is 6. The largest absolute Gasteiger partial charge is 0.457 e. The summed E-state index contributed by atoms with van der Waals surface area (Å²) in [5.74, 6) is 3.69. The number of nitrogen functional groups attached to an aromatic ring is 1. The maximum atomic E-state index is 12.6. The van der Waals surface area contributed by atoms with Gasteiger partial charge < -0.3 is 25.0 Å². The number of nitrogens with two attached hydrogens (primary N) is 1. The fourth-order valence-corrected chi connectivity index (χ4v) is 10.3. The van der Waals surface area contributed by atoms with Crippen molar-refractivity contribution in [2.75, 3.05) is 45.0 Å². The van der Waals surface area contributed by atoms with Gasteiger partial charge >= 0.3 is 6.09 Å². The minimum atomic E-state index is -0.433. The third kappa shape index (κ3) is 6.86. The molecule has 280 valence electrons. The van der Waals surface area contributed by atoms with E-state index in [-0.39, 0.29) is 12.1 Å². The molecule has 9 rings (SSSR count). The number of aromatic nitrogens is 4. The lowest BCUT2D eigenvalue weighted by Gasteiger charge is -2.54. The quantitative estimate of drug-likeness (QED) is 0.218. The second-order valence-corrected chi connectivity index (χ2v) is 17.6. The Morgan fingerprint density at radius 2 is 1.47 bits per heavy atom. The molecule has 2 aromatic heterocycles. The number of benzene rings is 2. The first-order valence-corrected chi connectivity index (χ1v) is 19.9. The van der Waals surface area contributed by atoms with Gasteiger partial charge in [0.25, 0.3) is 0 Å². The molecule has 11 heteroatoms. The summed E-state index contributed by atoms with van der Waals surface area (Å²) in [6, 6.07) is 19.5. The molecule has 5 aliphatic rings. The number of piperidine rings is 2. The topological polar surface area (TPSA) is 115 Å². The van der Waals surface area contributed by atoms with Gasteiger partial charge in [-0.05, 0) is 126 Å². The van der Waals surface area contributed by atoms with Crippen molar-refractivity contribution in [2.45, 2.75) is 95.9 Å². The Balaban J connectivity index is 0.777. The van der Waals surface area contributed by atoms with Gasteiger partial charge in [-0.25, -0.2) is 19.4 Å². The second kappa shape index (κ2) is 13.6. The highest BCUT2D eigenvalue weighted by atomic mass is 16.6. The Labute approximate surface area is 312 Å². The molecule has 3 atom stereocenters. The van der Waals surface area contributed by atoms with Crippen LogP contribution in [0.1, 0.15) is 78.2 Å². The van der Waals surface area contributed by atoms with Crippen molar-refractivity contribution < 1.29 is 14.3 Å². The molecule has 5 heterocycles. The van der Waals surface area contributed by atoms with Crippen LogP contribution >= 0.6 is 0 Å². The summed E-state index contributed by atoms with van der Waals surface area (Å²) in [5.41, 5.74) is 9.09. The van der Waals surface area contributed by atoms with Crippen molar-refractivity contribution in [3.63, 3.8) is 0 Å². The van der Waals surface area contributed by atoms with Crippen LogP contribution in [0.3, 0.4) is 0 Å². The first kappa shape index (κ1) is 34.5. The summed E-state index contributed by atoms with van der Waals surface area (Å²) in [5, 5.41) is 5.99. The van der Waals surface area contributed by atoms with E-state index in [4.69, 9.17) is 25.3 Å². The van der Waals surface area contributed by atoms with E-state index < -0.39 is 5.60 Å². The predicted octanol–water partition coefficient (Wildman–Crippen LogP) is 7.39. The van der Waals surface area contributed by atoms with Gasteiger partial charge in [0.05, 0.1) is 11.4 Å². The van der Waals surface area contributed by atoms with E-state index in [0.717, 1.165) is 104 Å².